The zero-order chi connectivity index (χ0) is 22.6. The normalized spacial score (nSPS) is 17.2. The first-order chi connectivity index (χ1) is 15.4. The van der Waals surface area contributed by atoms with Gasteiger partial charge in [0.1, 0.15) is 5.54 Å². The summed E-state index contributed by atoms with van der Waals surface area (Å²) in [6.45, 7) is 5.61. The van der Waals surface area contributed by atoms with E-state index in [1.807, 2.05) is 48.7 Å². The number of aromatic nitrogens is 3. The maximum Gasteiger partial charge on any atom is 0.247 e. The van der Waals surface area contributed by atoms with Crippen LogP contribution in [0, 0.1) is 5.92 Å². The fourth-order valence-corrected chi connectivity index (χ4v) is 4.07. The van der Waals surface area contributed by atoms with Crippen LogP contribution in [0.15, 0.2) is 54.9 Å². The number of imidazole rings is 1. The number of amides is 2. The quantitative estimate of drug-likeness (QED) is 0.639. The lowest BCUT2D eigenvalue weighted by molar-refractivity contribution is -0.140. The molecule has 0 aliphatic carbocycles. The minimum atomic E-state index is -1.01. The number of fused-ring (bicyclic) bond motifs is 1. The summed E-state index contributed by atoms with van der Waals surface area (Å²) in [5.74, 6) is -0.159. The van der Waals surface area contributed by atoms with Crippen molar-refractivity contribution in [1.82, 2.24) is 24.8 Å². The molecule has 0 unspecified atom stereocenters. The number of hydrogen-bond donors (Lipinski definition) is 1. The van der Waals surface area contributed by atoms with E-state index in [0.717, 1.165) is 16.9 Å². The Morgan fingerprint density at radius 2 is 2.00 bits per heavy atom. The Kier molecular flexibility index (Phi) is 6.50. The van der Waals surface area contributed by atoms with Gasteiger partial charge in [-0.05, 0) is 38.0 Å². The van der Waals surface area contributed by atoms with Crippen LogP contribution in [0.1, 0.15) is 25.1 Å². The number of carbonyl (C=O) groups is 2. The van der Waals surface area contributed by atoms with Gasteiger partial charge in [0, 0.05) is 31.4 Å². The average molecular weight is 436 g/mol. The van der Waals surface area contributed by atoms with Crippen LogP contribution in [0.4, 0.5) is 0 Å². The van der Waals surface area contributed by atoms with Crippen LogP contribution >= 0.6 is 0 Å². The molecule has 1 aromatic carbocycles. The van der Waals surface area contributed by atoms with Crippen LogP contribution < -0.4 is 5.32 Å². The van der Waals surface area contributed by atoms with Crippen molar-refractivity contribution in [1.29, 1.82) is 0 Å². The molecule has 1 aliphatic rings. The molecule has 3 aromatic rings. The standard InChI is InChI=1S/C24H29N5O3/c1-24(2,26-22(30)15-18-6-4-3-5-7-18)23(31)28-12-13-32-17-19(16-28)14-20-8-9-21-25-10-11-29(21)27-20/h3-11,19H,12-17H2,1-2H3,(H,26,30)/t19-/m1/s1. The van der Waals surface area contributed by atoms with Gasteiger partial charge < -0.3 is 15.0 Å². The second-order valence-electron chi connectivity index (χ2n) is 8.79. The van der Waals surface area contributed by atoms with Crippen molar-refractivity contribution in [3.63, 3.8) is 0 Å². The second-order valence-corrected chi connectivity index (χ2v) is 8.79. The van der Waals surface area contributed by atoms with Crippen LogP contribution in [-0.4, -0.2) is 63.2 Å². The van der Waals surface area contributed by atoms with Crippen LogP contribution in [0.5, 0.6) is 0 Å². The number of nitrogens with one attached hydrogen (secondary N) is 1. The van der Waals surface area contributed by atoms with Crippen molar-refractivity contribution in [2.75, 3.05) is 26.3 Å². The summed E-state index contributed by atoms with van der Waals surface area (Å²) >= 11 is 0. The average Bonchev–Trinajstić information content (AvgIpc) is 3.11. The molecule has 1 N–H and O–H groups in total. The van der Waals surface area contributed by atoms with Gasteiger partial charge in [-0.25, -0.2) is 9.50 Å². The molecule has 1 fully saturated rings. The molecule has 1 aliphatic heterocycles. The van der Waals surface area contributed by atoms with Gasteiger partial charge in [-0.2, -0.15) is 5.10 Å². The predicted molar refractivity (Wildman–Crippen MR) is 120 cm³/mol. The Morgan fingerprint density at radius 3 is 2.81 bits per heavy atom. The Morgan fingerprint density at radius 1 is 1.19 bits per heavy atom. The van der Waals surface area contributed by atoms with E-state index in [-0.39, 0.29) is 24.2 Å². The first kappa shape index (κ1) is 22.0. The molecule has 0 saturated carbocycles. The number of hydrogen-bond acceptors (Lipinski definition) is 5. The summed E-state index contributed by atoms with van der Waals surface area (Å²) in [6, 6.07) is 13.4. The summed E-state index contributed by atoms with van der Waals surface area (Å²) in [7, 11) is 0. The van der Waals surface area contributed by atoms with Crippen molar-refractivity contribution in [2.24, 2.45) is 5.92 Å². The van der Waals surface area contributed by atoms with Gasteiger partial charge in [0.05, 0.1) is 25.3 Å². The number of carbonyl (C=O) groups excluding carboxylic acids is 2. The molecule has 4 rings (SSSR count). The van der Waals surface area contributed by atoms with E-state index in [0.29, 0.717) is 32.7 Å². The van der Waals surface area contributed by atoms with Gasteiger partial charge in [-0.15, -0.1) is 0 Å². The molecule has 0 spiro atoms. The van der Waals surface area contributed by atoms with Gasteiger partial charge in [-0.1, -0.05) is 30.3 Å². The lowest BCUT2D eigenvalue weighted by Crippen LogP contribution is -2.57. The van der Waals surface area contributed by atoms with Crippen molar-refractivity contribution in [3.05, 3.63) is 66.1 Å². The Hall–Kier alpha value is -3.26. The fraction of sp³-hybridized carbons (Fsp3) is 0.417. The van der Waals surface area contributed by atoms with E-state index < -0.39 is 5.54 Å². The molecule has 168 valence electrons. The van der Waals surface area contributed by atoms with Crippen molar-refractivity contribution >= 4 is 17.5 Å². The van der Waals surface area contributed by atoms with Crippen molar-refractivity contribution in [3.8, 4) is 0 Å². The smallest absolute Gasteiger partial charge is 0.247 e. The number of nitrogens with zero attached hydrogens (tertiary/aromatic N) is 4. The first-order valence-electron chi connectivity index (χ1n) is 10.9. The highest BCUT2D eigenvalue weighted by Gasteiger charge is 2.35. The highest BCUT2D eigenvalue weighted by atomic mass is 16.5. The Balaban J connectivity index is 1.39. The van der Waals surface area contributed by atoms with E-state index >= 15 is 0 Å². The molecule has 8 heteroatoms. The zero-order valence-electron chi connectivity index (χ0n) is 18.5. The third-order valence-corrected chi connectivity index (χ3v) is 5.63. The summed E-state index contributed by atoms with van der Waals surface area (Å²) in [4.78, 5) is 31.9. The topological polar surface area (TPSA) is 88.8 Å². The van der Waals surface area contributed by atoms with Crippen molar-refractivity contribution < 1.29 is 14.3 Å². The Bertz CT molecular complexity index is 1080. The summed E-state index contributed by atoms with van der Waals surface area (Å²) in [5.41, 5.74) is 1.64. The molecule has 0 bridgehead atoms. The minimum Gasteiger partial charge on any atom is -0.379 e. The number of benzene rings is 1. The number of rotatable bonds is 6. The summed E-state index contributed by atoms with van der Waals surface area (Å²) in [6.07, 6.45) is 4.47. The number of ether oxygens (including phenoxy) is 1. The second kappa shape index (κ2) is 9.48. The molecule has 1 saturated heterocycles. The molecular weight excluding hydrogens is 406 g/mol. The van der Waals surface area contributed by atoms with E-state index in [2.05, 4.69) is 15.4 Å². The molecule has 32 heavy (non-hydrogen) atoms. The predicted octanol–water partition coefficient (Wildman–Crippen LogP) is 1.88. The summed E-state index contributed by atoms with van der Waals surface area (Å²) < 4.78 is 7.53. The van der Waals surface area contributed by atoms with Gasteiger partial charge in [-0.3, -0.25) is 9.59 Å². The SMILES string of the molecule is CC(C)(NC(=O)Cc1ccccc1)C(=O)N1CCOC[C@H](Cc2ccc3nccn3n2)C1. The van der Waals surface area contributed by atoms with Crippen molar-refractivity contribution in [2.45, 2.75) is 32.2 Å². The molecular formula is C24H29N5O3. The lowest BCUT2D eigenvalue weighted by atomic mass is 9.99. The monoisotopic (exact) mass is 435 g/mol. The fourth-order valence-electron chi connectivity index (χ4n) is 4.07. The molecule has 3 heterocycles. The first-order valence-corrected chi connectivity index (χ1v) is 10.9. The highest BCUT2D eigenvalue weighted by molar-refractivity contribution is 5.91. The van der Waals surface area contributed by atoms with E-state index in [4.69, 9.17) is 4.74 Å². The molecule has 0 radical (unpaired) electrons. The Labute approximate surface area is 187 Å². The van der Waals surface area contributed by atoms with E-state index in [9.17, 15) is 9.59 Å². The van der Waals surface area contributed by atoms with Crippen LogP contribution in [0.3, 0.4) is 0 Å². The minimum absolute atomic E-state index is 0.104. The third-order valence-electron chi connectivity index (χ3n) is 5.63. The molecule has 2 amide bonds. The van der Waals surface area contributed by atoms with Crippen LogP contribution in [-0.2, 0) is 27.2 Å². The summed E-state index contributed by atoms with van der Waals surface area (Å²) in [5, 5.41) is 7.51. The molecule has 1 atom stereocenters. The van der Waals surface area contributed by atoms with E-state index in [1.54, 1.807) is 29.5 Å². The van der Waals surface area contributed by atoms with Crippen LogP contribution in [0.2, 0.25) is 0 Å². The molecule has 2 aromatic heterocycles. The lowest BCUT2D eigenvalue weighted by Gasteiger charge is -2.33. The largest absolute Gasteiger partial charge is 0.379 e. The molecule has 8 nitrogen and oxygen atoms in total. The van der Waals surface area contributed by atoms with E-state index in [1.165, 1.54) is 0 Å². The van der Waals surface area contributed by atoms with Gasteiger partial charge in [0.2, 0.25) is 11.8 Å². The maximum absolute atomic E-state index is 13.3. The zero-order valence-corrected chi connectivity index (χ0v) is 18.5. The van der Waals surface area contributed by atoms with Crippen LogP contribution in [0.25, 0.3) is 5.65 Å². The third kappa shape index (κ3) is 5.31. The van der Waals surface area contributed by atoms with Gasteiger partial charge in [0.25, 0.3) is 0 Å². The highest BCUT2D eigenvalue weighted by Crippen LogP contribution is 2.17. The van der Waals surface area contributed by atoms with Gasteiger partial charge >= 0.3 is 0 Å². The maximum atomic E-state index is 13.3. The van der Waals surface area contributed by atoms with Gasteiger partial charge in [0.15, 0.2) is 5.65 Å².